The first-order valence-electron chi connectivity index (χ1n) is 6.18. The molecule has 104 valence electrons. The van der Waals surface area contributed by atoms with Gasteiger partial charge in [-0.2, -0.15) is 0 Å². The van der Waals surface area contributed by atoms with E-state index in [-0.39, 0.29) is 0 Å². The molecular formula is C13H24N2O3. The fraction of sp³-hybridized carbons (Fsp3) is 0.769. The van der Waals surface area contributed by atoms with Gasteiger partial charge in [0.25, 0.3) is 0 Å². The van der Waals surface area contributed by atoms with E-state index in [2.05, 4.69) is 11.9 Å². The lowest BCUT2D eigenvalue weighted by atomic mass is 9.74. The third-order valence-electron chi connectivity index (χ3n) is 3.15. The molecule has 0 aliphatic heterocycles. The number of ether oxygens (including phenoxy) is 1. The summed E-state index contributed by atoms with van der Waals surface area (Å²) in [5.74, 6) is 0. The van der Waals surface area contributed by atoms with E-state index in [0.717, 1.165) is 25.0 Å². The van der Waals surface area contributed by atoms with Gasteiger partial charge in [-0.1, -0.05) is 6.58 Å². The normalized spacial score (nSPS) is 17.6. The van der Waals surface area contributed by atoms with Gasteiger partial charge >= 0.3 is 6.09 Å². The quantitative estimate of drug-likeness (QED) is 0.785. The summed E-state index contributed by atoms with van der Waals surface area (Å²) in [6, 6.07) is 0. The SMILES string of the molecule is C=C(N(C)OC)C1(NC(=O)OC(C)(C)C)CCC1. The van der Waals surface area contributed by atoms with Crippen LogP contribution in [-0.2, 0) is 9.57 Å². The monoisotopic (exact) mass is 256 g/mol. The van der Waals surface area contributed by atoms with Crippen LogP contribution in [0.15, 0.2) is 12.3 Å². The van der Waals surface area contributed by atoms with Gasteiger partial charge in [-0.05, 0) is 40.0 Å². The topological polar surface area (TPSA) is 50.8 Å². The van der Waals surface area contributed by atoms with E-state index in [1.807, 2.05) is 20.8 Å². The molecule has 0 aromatic heterocycles. The Balaban J connectivity index is 2.67. The van der Waals surface area contributed by atoms with Crippen LogP contribution in [0, 0.1) is 0 Å². The van der Waals surface area contributed by atoms with Crippen molar-refractivity contribution in [3.8, 4) is 0 Å². The van der Waals surface area contributed by atoms with Gasteiger partial charge in [0.2, 0.25) is 0 Å². The van der Waals surface area contributed by atoms with Crippen LogP contribution < -0.4 is 5.32 Å². The van der Waals surface area contributed by atoms with Crippen LogP contribution in [0.5, 0.6) is 0 Å². The largest absolute Gasteiger partial charge is 0.444 e. The summed E-state index contributed by atoms with van der Waals surface area (Å²) >= 11 is 0. The molecule has 0 atom stereocenters. The van der Waals surface area contributed by atoms with Gasteiger partial charge in [-0.15, -0.1) is 0 Å². The van der Waals surface area contributed by atoms with Gasteiger partial charge in [0.15, 0.2) is 0 Å². The zero-order valence-corrected chi connectivity index (χ0v) is 12.0. The second-order valence-electron chi connectivity index (χ2n) is 5.69. The van der Waals surface area contributed by atoms with Crippen LogP contribution in [0.1, 0.15) is 40.0 Å². The summed E-state index contributed by atoms with van der Waals surface area (Å²) in [5.41, 5.74) is -0.168. The number of alkyl carbamates (subject to hydrolysis) is 1. The first-order valence-corrected chi connectivity index (χ1v) is 6.18. The Kier molecular flexibility index (Phi) is 4.27. The average Bonchev–Trinajstić information content (AvgIpc) is 2.18. The van der Waals surface area contributed by atoms with E-state index in [0.29, 0.717) is 0 Å². The number of hydroxylamine groups is 2. The number of carbonyl (C=O) groups excluding carboxylic acids is 1. The summed E-state index contributed by atoms with van der Waals surface area (Å²) in [5, 5.41) is 4.50. The predicted molar refractivity (Wildman–Crippen MR) is 69.9 cm³/mol. The molecule has 1 amide bonds. The average molecular weight is 256 g/mol. The molecule has 1 N–H and O–H groups in total. The minimum Gasteiger partial charge on any atom is -0.444 e. The van der Waals surface area contributed by atoms with Crippen molar-refractivity contribution in [2.24, 2.45) is 0 Å². The third-order valence-corrected chi connectivity index (χ3v) is 3.15. The first-order chi connectivity index (χ1) is 8.20. The van der Waals surface area contributed by atoms with Gasteiger partial charge in [-0.3, -0.25) is 9.90 Å². The fourth-order valence-electron chi connectivity index (χ4n) is 1.93. The van der Waals surface area contributed by atoms with Crippen molar-refractivity contribution in [2.75, 3.05) is 14.2 Å². The Morgan fingerprint density at radius 1 is 1.39 bits per heavy atom. The molecule has 18 heavy (non-hydrogen) atoms. The number of nitrogens with one attached hydrogen (secondary N) is 1. The van der Waals surface area contributed by atoms with E-state index in [4.69, 9.17) is 9.57 Å². The molecule has 1 rings (SSSR count). The summed E-state index contributed by atoms with van der Waals surface area (Å²) in [6.45, 7) is 9.53. The van der Waals surface area contributed by atoms with E-state index >= 15 is 0 Å². The minimum atomic E-state index is -0.497. The van der Waals surface area contributed by atoms with Crippen LogP contribution in [0.2, 0.25) is 0 Å². The highest BCUT2D eigenvalue weighted by Gasteiger charge is 2.43. The number of hydrogen-bond donors (Lipinski definition) is 1. The molecule has 5 nitrogen and oxygen atoms in total. The Hall–Kier alpha value is -1.23. The highest BCUT2D eigenvalue weighted by atomic mass is 16.7. The second kappa shape index (κ2) is 5.18. The lowest BCUT2D eigenvalue weighted by Gasteiger charge is -2.45. The molecule has 0 aromatic rings. The molecular weight excluding hydrogens is 232 g/mol. The zero-order chi connectivity index (χ0) is 14.0. The van der Waals surface area contributed by atoms with E-state index in [9.17, 15) is 4.79 Å². The summed E-state index contributed by atoms with van der Waals surface area (Å²) in [7, 11) is 3.35. The van der Waals surface area contributed by atoms with Crippen molar-refractivity contribution in [3.05, 3.63) is 12.3 Å². The minimum absolute atomic E-state index is 0.409. The Labute approximate surface area is 109 Å². The van der Waals surface area contributed by atoms with Gasteiger partial charge in [0.1, 0.15) is 5.60 Å². The molecule has 1 fully saturated rings. The molecule has 0 spiro atoms. The Bertz CT molecular complexity index is 330. The molecule has 0 radical (unpaired) electrons. The predicted octanol–water partition coefficient (Wildman–Crippen LogP) is 2.44. The van der Waals surface area contributed by atoms with Crippen molar-refractivity contribution in [1.29, 1.82) is 0 Å². The summed E-state index contributed by atoms with van der Waals surface area (Å²) < 4.78 is 5.28. The number of amides is 1. The maximum atomic E-state index is 11.8. The maximum Gasteiger partial charge on any atom is 0.408 e. The summed E-state index contributed by atoms with van der Waals surface area (Å²) in [6.07, 6.45) is 2.37. The fourth-order valence-corrected chi connectivity index (χ4v) is 1.93. The molecule has 1 aliphatic rings. The second-order valence-corrected chi connectivity index (χ2v) is 5.69. The lowest BCUT2D eigenvalue weighted by molar-refractivity contribution is -0.0953. The number of rotatable bonds is 4. The molecule has 1 saturated carbocycles. The molecule has 0 aromatic carbocycles. The van der Waals surface area contributed by atoms with E-state index < -0.39 is 17.2 Å². The van der Waals surface area contributed by atoms with Gasteiger partial charge in [-0.25, -0.2) is 4.79 Å². The maximum absolute atomic E-state index is 11.8. The molecule has 1 aliphatic carbocycles. The number of carbonyl (C=O) groups is 1. The number of hydrogen-bond acceptors (Lipinski definition) is 4. The highest BCUT2D eigenvalue weighted by molar-refractivity contribution is 5.69. The van der Waals surface area contributed by atoms with Crippen LogP contribution in [0.25, 0.3) is 0 Å². The molecule has 0 bridgehead atoms. The molecule has 0 saturated heterocycles. The van der Waals surface area contributed by atoms with E-state index in [1.54, 1.807) is 19.2 Å². The van der Waals surface area contributed by atoms with Crippen molar-refractivity contribution in [1.82, 2.24) is 10.4 Å². The van der Waals surface area contributed by atoms with Crippen LogP contribution in [0.3, 0.4) is 0 Å². The van der Waals surface area contributed by atoms with E-state index in [1.165, 1.54) is 0 Å². The Morgan fingerprint density at radius 3 is 2.28 bits per heavy atom. The first kappa shape index (κ1) is 14.8. The van der Waals surface area contributed by atoms with Crippen LogP contribution in [-0.4, -0.2) is 36.5 Å². The molecule has 5 heteroatoms. The van der Waals surface area contributed by atoms with Crippen molar-refractivity contribution in [2.45, 2.75) is 51.2 Å². The molecule has 0 unspecified atom stereocenters. The van der Waals surface area contributed by atoms with Gasteiger partial charge < -0.3 is 10.1 Å². The summed E-state index contributed by atoms with van der Waals surface area (Å²) in [4.78, 5) is 17.0. The van der Waals surface area contributed by atoms with Crippen LogP contribution in [0.4, 0.5) is 4.79 Å². The number of likely N-dealkylation sites (N-methyl/N-ethyl adjacent to an activating group) is 1. The van der Waals surface area contributed by atoms with Gasteiger partial charge in [0.05, 0.1) is 18.3 Å². The zero-order valence-electron chi connectivity index (χ0n) is 12.0. The lowest BCUT2D eigenvalue weighted by Crippen LogP contribution is -2.58. The van der Waals surface area contributed by atoms with Crippen molar-refractivity contribution in [3.63, 3.8) is 0 Å². The smallest absolute Gasteiger partial charge is 0.408 e. The van der Waals surface area contributed by atoms with Crippen molar-refractivity contribution >= 4 is 6.09 Å². The number of nitrogens with zero attached hydrogens (tertiary/aromatic N) is 1. The Morgan fingerprint density at radius 2 is 1.94 bits per heavy atom. The third kappa shape index (κ3) is 3.38. The highest BCUT2D eigenvalue weighted by Crippen LogP contribution is 2.38. The molecule has 0 heterocycles. The van der Waals surface area contributed by atoms with Crippen LogP contribution >= 0.6 is 0 Å². The van der Waals surface area contributed by atoms with Crippen molar-refractivity contribution < 1.29 is 14.4 Å². The van der Waals surface area contributed by atoms with Gasteiger partial charge in [0, 0.05) is 7.05 Å². The standard InChI is InChI=1S/C13H24N2O3/c1-10(15(5)17-6)13(8-7-9-13)14-11(16)18-12(2,3)4/h1,7-9H2,2-6H3,(H,14,16).